The highest BCUT2D eigenvalue weighted by Gasteiger charge is 2.19. The van der Waals surface area contributed by atoms with Crippen molar-refractivity contribution in [1.82, 2.24) is 5.32 Å². The summed E-state index contributed by atoms with van der Waals surface area (Å²) >= 11 is 0. The highest BCUT2D eigenvalue weighted by molar-refractivity contribution is 4.80. The van der Waals surface area contributed by atoms with Crippen molar-refractivity contribution in [3.8, 4) is 0 Å². The monoisotopic (exact) mass is 214 g/mol. The summed E-state index contributed by atoms with van der Waals surface area (Å²) in [5.41, 5.74) is 5.91. The first-order valence-corrected chi connectivity index (χ1v) is 6.25. The molecule has 0 saturated heterocycles. The minimum absolute atomic E-state index is 0.205. The van der Waals surface area contributed by atoms with Gasteiger partial charge in [0.25, 0.3) is 0 Å². The maximum Gasteiger partial charge on any atom is 0.0667 e. The van der Waals surface area contributed by atoms with E-state index in [4.69, 9.17) is 5.73 Å². The molecule has 1 aliphatic rings. The average molecular weight is 214 g/mol. The molecule has 4 N–H and O–H groups in total. The highest BCUT2D eigenvalue weighted by Crippen LogP contribution is 2.17. The van der Waals surface area contributed by atoms with Gasteiger partial charge in [0.2, 0.25) is 0 Å². The van der Waals surface area contributed by atoms with Crippen LogP contribution in [-0.4, -0.2) is 29.8 Å². The molecule has 0 amide bonds. The first kappa shape index (κ1) is 12.9. The second-order valence-corrected chi connectivity index (χ2v) is 5.32. The fourth-order valence-corrected chi connectivity index (χ4v) is 2.34. The van der Waals surface area contributed by atoms with Crippen molar-refractivity contribution >= 4 is 0 Å². The molecular formula is C12H26N2O. The molecule has 1 rings (SSSR count). The molecule has 0 aromatic carbocycles. The van der Waals surface area contributed by atoms with Gasteiger partial charge in [-0.2, -0.15) is 0 Å². The van der Waals surface area contributed by atoms with E-state index in [0.29, 0.717) is 18.0 Å². The maximum absolute atomic E-state index is 9.72. The summed E-state index contributed by atoms with van der Waals surface area (Å²) in [5.74, 6) is 0.565. The minimum Gasteiger partial charge on any atom is -0.392 e. The first-order valence-electron chi connectivity index (χ1n) is 6.25. The molecule has 3 heteroatoms. The molecular weight excluding hydrogens is 188 g/mol. The highest BCUT2D eigenvalue weighted by atomic mass is 16.3. The normalized spacial score (nSPS) is 29.4. The molecule has 0 spiro atoms. The Labute approximate surface area is 93.4 Å². The van der Waals surface area contributed by atoms with E-state index in [9.17, 15) is 5.11 Å². The average Bonchev–Trinajstić information content (AvgIpc) is 2.14. The van der Waals surface area contributed by atoms with Crippen LogP contribution in [0.1, 0.15) is 46.0 Å². The minimum atomic E-state index is -0.205. The van der Waals surface area contributed by atoms with Crippen LogP contribution in [0.4, 0.5) is 0 Å². The lowest BCUT2D eigenvalue weighted by Gasteiger charge is -2.28. The molecule has 0 aliphatic heterocycles. The molecule has 3 nitrogen and oxygen atoms in total. The van der Waals surface area contributed by atoms with Gasteiger partial charge in [-0.1, -0.05) is 20.3 Å². The first-order chi connectivity index (χ1) is 7.08. The second kappa shape index (κ2) is 6.46. The lowest BCUT2D eigenvalue weighted by atomic mass is 9.91. The largest absolute Gasteiger partial charge is 0.392 e. The molecule has 3 atom stereocenters. The Balaban J connectivity index is 2.13. The van der Waals surface area contributed by atoms with Gasteiger partial charge in [-0.05, 0) is 31.6 Å². The third-order valence-corrected chi connectivity index (χ3v) is 3.10. The summed E-state index contributed by atoms with van der Waals surface area (Å²) in [6.45, 7) is 5.00. The number of rotatable bonds is 5. The summed E-state index contributed by atoms with van der Waals surface area (Å²) in [4.78, 5) is 0. The third-order valence-electron chi connectivity index (χ3n) is 3.10. The van der Waals surface area contributed by atoms with E-state index >= 15 is 0 Å². The molecule has 90 valence electrons. The maximum atomic E-state index is 9.72. The predicted molar refractivity (Wildman–Crippen MR) is 63.7 cm³/mol. The molecule has 0 aromatic heterocycles. The summed E-state index contributed by atoms with van der Waals surface area (Å²) < 4.78 is 0. The van der Waals surface area contributed by atoms with Crippen molar-refractivity contribution in [1.29, 1.82) is 0 Å². The predicted octanol–water partition coefficient (Wildman–Crippen LogP) is 1.25. The van der Waals surface area contributed by atoms with Gasteiger partial charge in [-0.3, -0.25) is 0 Å². The van der Waals surface area contributed by atoms with Crippen LogP contribution in [0.5, 0.6) is 0 Å². The zero-order chi connectivity index (χ0) is 11.3. The molecule has 3 unspecified atom stereocenters. The quantitative estimate of drug-likeness (QED) is 0.645. The lowest BCUT2D eigenvalue weighted by Crippen LogP contribution is -2.42. The molecule has 1 aliphatic carbocycles. The van der Waals surface area contributed by atoms with Gasteiger partial charge in [0.1, 0.15) is 0 Å². The van der Waals surface area contributed by atoms with Gasteiger partial charge in [0.05, 0.1) is 6.10 Å². The van der Waals surface area contributed by atoms with E-state index in [0.717, 1.165) is 25.8 Å². The number of hydrogen-bond donors (Lipinski definition) is 3. The van der Waals surface area contributed by atoms with E-state index < -0.39 is 0 Å². The molecule has 0 heterocycles. The Morgan fingerprint density at radius 3 is 2.73 bits per heavy atom. The van der Waals surface area contributed by atoms with Crippen LogP contribution in [0.25, 0.3) is 0 Å². The zero-order valence-electron chi connectivity index (χ0n) is 10.1. The van der Waals surface area contributed by atoms with E-state index in [1.807, 2.05) is 0 Å². The Kier molecular flexibility index (Phi) is 5.58. The third kappa shape index (κ3) is 5.50. The summed E-state index contributed by atoms with van der Waals surface area (Å²) in [6, 6.07) is 0.883. The van der Waals surface area contributed by atoms with E-state index in [1.165, 1.54) is 12.8 Å². The van der Waals surface area contributed by atoms with Crippen LogP contribution in [0.2, 0.25) is 0 Å². The fraction of sp³-hybridized carbons (Fsp3) is 1.00. The summed E-state index contributed by atoms with van der Waals surface area (Å²) in [5, 5.41) is 13.1. The Morgan fingerprint density at radius 2 is 2.13 bits per heavy atom. The van der Waals surface area contributed by atoms with Gasteiger partial charge in [-0.25, -0.2) is 0 Å². The smallest absolute Gasteiger partial charge is 0.0667 e. The van der Waals surface area contributed by atoms with Gasteiger partial charge < -0.3 is 16.2 Å². The van der Waals surface area contributed by atoms with Crippen molar-refractivity contribution in [3.63, 3.8) is 0 Å². The SMILES string of the molecule is CC(C)CC(O)CNC1CCCC(N)C1. The van der Waals surface area contributed by atoms with Crippen LogP contribution in [0.3, 0.4) is 0 Å². The van der Waals surface area contributed by atoms with Crippen LogP contribution >= 0.6 is 0 Å². The van der Waals surface area contributed by atoms with Gasteiger partial charge in [-0.15, -0.1) is 0 Å². The standard InChI is InChI=1S/C12H26N2O/c1-9(2)6-12(15)8-14-11-5-3-4-10(13)7-11/h9-12,14-15H,3-8,13H2,1-2H3. The topological polar surface area (TPSA) is 58.3 Å². The number of hydrogen-bond acceptors (Lipinski definition) is 3. The summed E-state index contributed by atoms with van der Waals surface area (Å²) in [6.07, 6.45) is 5.33. The van der Waals surface area contributed by atoms with E-state index in [-0.39, 0.29) is 6.10 Å². The van der Waals surface area contributed by atoms with Crippen molar-refractivity contribution in [2.24, 2.45) is 11.7 Å². The lowest BCUT2D eigenvalue weighted by molar-refractivity contribution is 0.138. The van der Waals surface area contributed by atoms with Crippen molar-refractivity contribution in [2.45, 2.75) is 64.1 Å². The van der Waals surface area contributed by atoms with Gasteiger partial charge in [0.15, 0.2) is 0 Å². The van der Waals surface area contributed by atoms with E-state index in [2.05, 4.69) is 19.2 Å². The number of aliphatic hydroxyl groups is 1. The summed E-state index contributed by atoms with van der Waals surface area (Å²) in [7, 11) is 0. The van der Waals surface area contributed by atoms with Crippen LogP contribution in [0, 0.1) is 5.92 Å². The molecule has 1 fully saturated rings. The van der Waals surface area contributed by atoms with Crippen molar-refractivity contribution in [2.75, 3.05) is 6.54 Å². The van der Waals surface area contributed by atoms with Crippen molar-refractivity contribution in [3.05, 3.63) is 0 Å². The second-order valence-electron chi connectivity index (χ2n) is 5.32. The van der Waals surface area contributed by atoms with Crippen LogP contribution in [0.15, 0.2) is 0 Å². The van der Waals surface area contributed by atoms with Gasteiger partial charge in [0, 0.05) is 18.6 Å². The Hall–Kier alpha value is -0.120. The van der Waals surface area contributed by atoms with Crippen molar-refractivity contribution < 1.29 is 5.11 Å². The van der Waals surface area contributed by atoms with E-state index in [1.54, 1.807) is 0 Å². The zero-order valence-corrected chi connectivity index (χ0v) is 10.1. The number of aliphatic hydroxyl groups excluding tert-OH is 1. The number of nitrogens with one attached hydrogen (secondary N) is 1. The molecule has 0 bridgehead atoms. The molecule has 1 saturated carbocycles. The molecule has 0 aromatic rings. The fourth-order valence-electron chi connectivity index (χ4n) is 2.34. The molecule has 15 heavy (non-hydrogen) atoms. The Morgan fingerprint density at radius 1 is 1.40 bits per heavy atom. The van der Waals surface area contributed by atoms with Crippen LogP contribution < -0.4 is 11.1 Å². The molecule has 0 radical (unpaired) electrons. The van der Waals surface area contributed by atoms with Crippen LogP contribution in [-0.2, 0) is 0 Å². The Bertz CT molecular complexity index is 173. The van der Waals surface area contributed by atoms with Gasteiger partial charge >= 0.3 is 0 Å². The number of nitrogens with two attached hydrogens (primary N) is 1.